The van der Waals surface area contributed by atoms with Crippen molar-refractivity contribution in [3.8, 4) is 0 Å². The zero-order valence-corrected chi connectivity index (χ0v) is 23.3. The predicted molar refractivity (Wildman–Crippen MR) is 141 cm³/mol. The van der Waals surface area contributed by atoms with Crippen LogP contribution in [-0.2, 0) is 24.2 Å². The number of nitrogens with one attached hydrogen (secondary N) is 1. The smallest absolute Gasteiger partial charge is 0.226 e. The summed E-state index contributed by atoms with van der Waals surface area (Å²) in [4.78, 5) is 28.4. The highest BCUT2D eigenvalue weighted by atomic mass is 32.2. The number of amides is 2. The number of hydrogen-bond acceptors (Lipinski definition) is 5. The first-order valence-electron chi connectivity index (χ1n) is 14.6. The first kappa shape index (κ1) is 27.9. The summed E-state index contributed by atoms with van der Waals surface area (Å²) >= 11 is 0. The van der Waals surface area contributed by atoms with Crippen molar-refractivity contribution in [2.45, 2.75) is 127 Å². The Morgan fingerprint density at radius 3 is 2.17 bits per heavy atom. The van der Waals surface area contributed by atoms with Gasteiger partial charge >= 0.3 is 0 Å². The van der Waals surface area contributed by atoms with Gasteiger partial charge in [-0.25, -0.2) is 8.42 Å². The largest absolute Gasteiger partial charge is 0.379 e. The van der Waals surface area contributed by atoms with Gasteiger partial charge in [-0.05, 0) is 89.4 Å². The van der Waals surface area contributed by atoms with Gasteiger partial charge in [0.2, 0.25) is 11.8 Å². The van der Waals surface area contributed by atoms with E-state index in [1.807, 2.05) is 0 Å². The first-order valence-corrected chi connectivity index (χ1v) is 16.4. The lowest BCUT2D eigenvalue weighted by Gasteiger charge is -2.40. The third-order valence-electron chi connectivity index (χ3n) is 9.37. The molecular formula is C28H48N2O5S. The Balaban J connectivity index is 1.22. The maximum absolute atomic E-state index is 13.4. The number of nitrogens with zero attached hydrogens (tertiary/aromatic N) is 1. The van der Waals surface area contributed by atoms with Crippen molar-refractivity contribution in [2.75, 3.05) is 19.4 Å². The van der Waals surface area contributed by atoms with Crippen LogP contribution >= 0.6 is 0 Å². The fourth-order valence-electron chi connectivity index (χ4n) is 6.97. The van der Waals surface area contributed by atoms with Gasteiger partial charge in [0.25, 0.3) is 0 Å². The lowest BCUT2D eigenvalue weighted by atomic mass is 9.81. The molecule has 0 aromatic carbocycles. The number of carbonyl (C=O) groups excluding carboxylic acids is 2. The average molecular weight is 525 g/mol. The van der Waals surface area contributed by atoms with Crippen molar-refractivity contribution in [1.82, 2.24) is 10.2 Å². The van der Waals surface area contributed by atoms with E-state index in [4.69, 9.17) is 4.74 Å². The number of ether oxygens (including phenoxy) is 1. The van der Waals surface area contributed by atoms with Crippen LogP contribution in [0.2, 0.25) is 0 Å². The van der Waals surface area contributed by atoms with Crippen molar-refractivity contribution in [3.05, 3.63) is 0 Å². The van der Waals surface area contributed by atoms with Gasteiger partial charge in [0.15, 0.2) is 9.84 Å². The second kappa shape index (κ2) is 12.6. The molecule has 4 aliphatic carbocycles. The molecule has 0 aliphatic heterocycles. The summed E-state index contributed by atoms with van der Waals surface area (Å²) in [6.45, 7) is 2.85. The van der Waals surface area contributed by atoms with Crippen molar-refractivity contribution in [2.24, 2.45) is 17.8 Å². The standard InChI is InChI=1S/C28H48N2O5S/c1-3-30(23-7-5-4-6-8-23)28(32)22-13-16-25(26(18-22)35-2)29-27(31)17-20-11-14-24(15-12-20)36(33,34)19-21-9-10-21/h20-26H,3-19H2,1-2H3,(H,29,31). The molecule has 0 heterocycles. The molecule has 0 aromatic rings. The van der Waals surface area contributed by atoms with Gasteiger partial charge in [-0.3, -0.25) is 9.59 Å². The van der Waals surface area contributed by atoms with Gasteiger partial charge in [-0.1, -0.05) is 19.3 Å². The molecule has 1 N–H and O–H groups in total. The van der Waals surface area contributed by atoms with Crippen LogP contribution in [0.3, 0.4) is 0 Å². The second-order valence-corrected chi connectivity index (χ2v) is 14.3. The van der Waals surface area contributed by atoms with Crippen LogP contribution in [0.1, 0.15) is 103 Å². The SMILES string of the molecule is CCN(C(=O)C1CCC(NC(=O)CC2CCC(S(=O)(=O)CC3CC3)CC2)C(OC)C1)C1CCCCC1. The quantitative estimate of drug-likeness (QED) is 0.461. The lowest BCUT2D eigenvalue weighted by molar-refractivity contribution is -0.141. The third kappa shape index (κ3) is 7.24. The molecular weight excluding hydrogens is 476 g/mol. The molecule has 206 valence electrons. The Hall–Kier alpha value is -1.15. The molecule has 2 amide bonds. The van der Waals surface area contributed by atoms with Crippen LogP contribution in [0.25, 0.3) is 0 Å². The number of methoxy groups -OCH3 is 1. The minimum atomic E-state index is -2.98. The molecule has 4 fully saturated rings. The zero-order valence-electron chi connectivity index (χ0n) is 22.5. The molecule has 4 saturated carbocycles. The number of sulfone groups is 1. The highest BCUT2D eigenvalue weighted by molar-refractivity contribution is 7.92. The minimum Gasteiger partial charge on any atom is -0.379 e. The zero-order chi connectivity index (χ0) is 25.7. The van der Waals surface area contributed by atoms with E-state index in [2.05, 4.69) is 17.1 Å². The first-order chi connectivity index (χ1) is 17.3. The summed E-state index contributed by atoms with van der Waals surface area (Å²) in [5.41, 5.74) is 0. The molecule has 0 radical (unpaired) electrons. The Morgan fingerprint density at radius 1 is 0.889 bits per heavy atom. The van der Waals surface area contributed by atoms with Crippen LogP contribution in [0.5, 0.6) is 0 Å². The van der Waals surface area contributed by atoms with E-state index in [-0.39, 0.29) is 41.0 Å². The Morgan fingerprint density at radius 2 is 1.56 bits per heavy atom. The molecule has 4 rings (SSSR count). The number of hydrogen-bond donors (Lipinski definition) is 1. The maximum atomic E-state index is 13.4. The summed E-state index contributed by atoms with van der Waals surface area (Å²) < 4.78 is 31.0. The van der Waals surface area contributed by atoms with Gasteiger partial charge in [-0.15, -0.1) is 0 Å². The summed E-state index contributed by atoms with van der Waals surface area (Å²) in [5.74, 6) is 1.29. The van der Waals surface area contributed by atoms with Crippen LogP contribution in [0.4, 0.5) is 0 Å². The average Bonchev–Trinajstić information content (AvgIpc) is 3.69. The third-order valence-corrected chi connectivity index (χ3v) is 11.8. The van der Waals surface area contributed by atoms with Gasteiger partial charge in [0.1, 0.15) is 0 Å². The van der Waals surface area contributed by atoms with Gasteiger partial charge in [0.05, 0.1) is 23.1 Å². The Kier molecular flexibility index (Phi) is 9.75. The van der Waals surface area contributed by atoms with Crippen molar-refractivity contribution in [1.29, 1.82) is 0 Å². The van der Waals surface area contributed by atoms with E-state index in [1.165, 1.54) is 19.3 Å². The fraction of sp³-hybridized carbons (Fsp3) is 0.929. The molecule has 7 nitrogen and oxygen atoms in total. The van der Waals surface area contributed by atoms with Crippen molar-refractivity contribution in [3.63, 3.8) is 0 Å². The fourth-order valence-corrected chi connectivity index (χ4v) is 9.23. The Labute approximate surface area is 218 Å². The summed E-state index contributed by atoms with van der Waals surface area (Å²) in [6, 6.07) is 0.319. The minimum absolute atomic E-state index is 0.0298. The number of rotatable bonds is 10. The number of carbonyl (C=O) groups is 2. The molecule has 4 aliphatic rings. The van der Waals surface area contributed by atoms with E-state index < -0.39 is 9.84 Å². The van der Waals surface area contributed by atoms with Crippen LogP contribution < -0.4 is 5.32 Å². The molecule has 8 heteroatoms. The molecule has 3 unspecified atom stereocenters. The van der Waals surface area contributed by atoms with Crippen LogP contribution in [-0.4, -0.2) is 68.0 Å². The Bertz CT molecular complexity index is 844. The maximum Gasteiger partial charge on any atom is 0.226 e. The molecule has 0 saturated heterocycles. The highest BCUT2D eigenvalue weighted by Crippen LogP contribution is 2.36. The van der Waals surface area contributed by atoms with E-state index in [1.54, 1.807) is 7.11 Å². The highest BCUT2D eigenvalue weighted by Gasteiger charge is 2.39. The molecule has 0 bridgehead atoms. The topological polar surface area (TPSA) is 92.8 Å². The van der Waals surface area contributed by atoms with Crippen LogP contribution in [0, 0.1) is 17.8 Å². The van der Waals surface area contributed by atoms with Gasteiger partial charge in [0, 0.05) is 32.0 Å². The molecule has 0 aromatic heterocycles. The normalized spacial score (nSPS) is 32.1. The summed E-state index contributed by atoms with van der Waals surface area (Å²) in [6.07, 6.45) is 13.6. The van der Waals surface area contributed by atoms with E-state index in [0.717, 1.165) is 57.9 Å². The van der Waals surface area contributed by atoms with E-state index >= 15 is 0 Å². The molecule has 36 heavy (non-hydrogen) atoms. The van der Waals surface area contributed by atoms with E-state index in [9.17, 15) is 18.0 Å². The lowest BCUT2D eigenvalue weighted by Crippen LogP contribution is -2.52. The van der Waals surface area contributed by atoms with E-state index in [0.29, 0.717) is 43.4 Å². The molecule has 3 atom stereocenters. The van der Waals surface area contributed by atoms with Crippen molar-refractivity contribution < 1.29 is 22.7 Å². The second-order valence-electron chi connectivity index (χ2n) is 12.0. The predicted octanol–water partition coefficient (Wildman–Crippen LogP) is 4.24. The van der Waals surface area contributed by atoms with Crippen molar-refractivity contribution >= 4 is 21.7 Å². The molecule has 0 spiro atoms. The van der Waals surface area contributed by atoms with Crippen LogP contribution in [0.15, 0.2) is 0 Å². The monoisotopic (exact) mass is 524 g/mol. The van der Waals surface area contributed by atoms with Gasteiger partial charge < -0.3 is 15.0 Å². The summed E-state index contributed by atoms with van der Waals surface area (Å²) in [5, 5.41) is 2.99. The van der Waals surface area contributed by atoms with Gasteiger partial charge in [-0.2, -0.15) is 0 Å². The summed E-state index contributed by atoms with van der Waals surface area (Å²) in [7, 11) is -1.30.